The lowest BCUT2D eigenvalue weighted by molar-refractivity contribution is 0.0679. The molecule has 0 radical (unpaired) electrons. The molecular formula is C12H14O3. The van der Waals surface area contributed by atoms with Gasteiger partial charge in [0, 0.05) is 0 Å². The molecule has 1 aliphatic rings. The number of rotatable bonds is 1. The summed E-state index contributed by atoms with van der Waals surface area (Å²) in [6.07, 6.45) is 0. The third-order valence-corrected chi connectivity index (χ3v) is 2.47. The molecule has 1 aliphatic heterocycles. The zero-order valence-electron chi connectivity index (χ0n) is 9.07. The summed E-state index contributed by atoms with van der Waals surface area (Å²) in [7, 11) is 1.53. The van der Waals surface area contributed by atoms with Crippen molar-refractivity contribution >= 4 is 5.76 Å². The third-order valence-electron chi connectivity index (χ3n) is 2.47. The number of fused-ring (bicyclic) bond motifs is 1. The van der Waals surface area contributed by atoms with E-state index in [0.29, 0.717) is 17.1 Å². The summed E-state index contributed by atoms with van der Waals surface area (Å²) in [6.45, 7) is 3.72. The Morgan fingerprint density at radius 2 is 1.93 bits per heavy atom. The number of benzene rings is 1. The van der Waals surface area contributed by atoms with Crippen LogP contribution < -0.4 is 4.74 Å². The Labute approximate surface area is 88.9 Å². The normalized spacial score (nSPS) is 18.1. The van der Waals surface area contributed by atoms with Gasteiger partial charge in [-0.2, -0.15) is 0 Å². The van der Waals surface area contributed by atoms with Crippen molar-refractivity contribution in [2.75, 3.05) is 7.11 Å². The molecule has 0 unspecified atom stereocenters. The van der Waals surface area contributed by atoms with Gasteiger partial charge in [-0.15, -0.1) is 0 Å². The van der Waals surface area contributed by atoms with Gasteiger partial charge in [0.05, 0.1) is 12.7 Å². The van der Waals surface area contributed by atoms with Crippen molar-refractivity contribution in [3.63, 3.8) is 0 Å². The zero-order valence-corrected chi connectivity index (χ0v) is 9.07. The van der Waals surface area contributed by atoms with E-state index in [1.165, 1.54) is 7.11 Å². The molecule has 80 valence electrons. The summed E-state index contributed by atoms with van der Waals surface area (Å²) in [5, 5.41) is 10.0. The van der Waals surface area contributed by atoms with Crippen molar-refractivity contribution in [2.45, 2.75) is 19.4 Å². The summed E-state index contributed by atoms with van der Waals surface area (Å²) in [5.74, 6) is 1.30. The highest BCUT2D eigenvalue weighted by molar-refractivity contribution is 5.69. The minimum absolute atomic E-state index is 0.157. The largest absolute Gasteiger partial charge is 0.504 e. The smallest absolute Gasteiger partial charge is 0.181 e. The van der Waals surface area contributed by atoms with E-state index in [2.05, 4.69) is 0 Å². The van der Waals surface area contributed by atoms with Gasteiger partial charge in [0.15, 0.2) is 17.1 Å². The van der Waals surface area contributed by atoms with Crippen LogP contribution in [0.1, 0.15) is 19.4 Å². The maximum atomic E-state index is 10.0. The molecule has 3 heteroatoms. The standard InChI is InChI=1S/C12H14O3/c1-12(2)11(14-3)10(13)8-6-4-5-7-9(8)15-12/h4-7,13H,1-3H3. The van der Waals surface area contributed by atoms with Crippen LogP contribution in [0.5, 0.6) is 5.75 Å². The lowest BCUT2D eigenvalue weighted by Gasteiger charge is -2.33. The lowest BCUT2D eigenvalue weighted by atomic mass is 9.98. The Bertz CT molecular complexity index is 419. The van der Waals surface area contributed by atoms with Crippen molar-refractivity contribution in [1.82, 2.24) is 0 Å². The van der Waals surface area contributed by atoms with E-state index in [1.54, 1.807) is 6.07 Å². The Kier molecular flexibility index (Phi) is 2.11. The van der Waals surface area contributed by atoms with Gasteiger partial charge in [0.1, 0.15) is 5.75 Å². The number of hydrogen-bond acceptors (Lipinski definition) is 3. The monoisotopic (exact) mass is 206 g/mol. The second-order valence-electron chi connectivity index (χ2n) is 3.99. The minimum atomic E-state index is -0.632. The van der Waals surface area contributed by atoms with E-state index in [9.17, 15) is 5.11 Å². The average Bonchev–Trinajstić information content (AvgIpc) is 2.17. The van der Waals surface area contributed by atoms with Gasteiger partial charge < -0.3 is 14.6 Å². The Hall–Kier alpha value is -1.64. The molecular weight excluding hydrogens is 192 g/mol. The molecule has 0 aliphatic carbocycles. The third kappa shape index (κ3) is 1.44. The van der Waals surface area contributed by atoms with Crippen LogP contribution in [0.2, 0.25) is 0 Å². The molecule has 1 aromatic carbocycles. The van der Waals surface area contributed by atoms with Crippen molar-refractivity contribution in [1.29, 1.82) is 0 Å². The highest BCUT2D eigenvalue weighted by atomic mass is 16.5. The van der Waals surface area contributed by atoms with E-state index in [1.807, 2.05) is 32.0 Å². The number of aliphatic hydroxyl groups excluding tert-OH is 1. The van der Waals surface area contributed by atoms with Gasteiger partial charge in [-0.3, -0.25) is 0 Å². The summed E-state index contributed by atoms with van der Waals surface area (Å²) in [4.78, 5) is 0. The van der Waals surface area contributed by atoms with Gasteiger partial charge in [-0.1, -0.05) is 12.1 Å². The highest BCUT2D eigenvalue weighted by Crippen LogP contribution is 2.39. The molecule has 15 heavy (non-hydrogen) atoms. The van der Waals surface area contributed by atoms with Crippen LogP contribution in [-0.2, 0) is 4.74 Å². The fraction of sp³-hybridized carbons (Fsp3) is 0.333. The number of ether oxygens (including phenoxy) is 2. The van der Waals surface area contributed by atoms with Crippen LogP contribution in [0.25, 0.3) is 5.76 Å². The van der Waals surface area contributed by atoms with Crippen LogP contribution in [0.15, 0.2) is 30.0 Å². The summed E-state index contributed by atoms with van der Waals surface area (Å²) in [6, 6.07) is 7.36. The molecule has 0 bridgehead atoms. The topological polar surface area (TPSA) is 38.7 Å². The van der Waals surface area contributed by atoms with Crippen LogP contribution in [-0.4, -0.2) is 17.8 Å². The van der Waals surface area contributed by atoms with Crippen LogP contribution in [0.3, 0.4) is 0 Å². The van der Waals surface area contributed by atoms with Crippen molar-refractivity contribution < 1.29 is 14.6 Å². The number of para-hydroxylation sites is 1. The molecule has 0 amide bonds. The maximum Gasteiger partial charge on any atom is 0.181 e. The molecule has 1 aromatic rings. The number of methoxy groups -OCH3 is 1. The minimum Gasteiger partial charge on any atom is -0.504 e. The number of aliphatic hydroxyl groups is 1. The molecule has 0 atom stereocenters. The van der Waals surface area contributed by atoms with Crippen LogP contribution >= 0.6 is 0 Å². The van der Waals surface area contributed by atoms with E-state index in [0.717, 1.165) is 0 Å². The van der Waals surface area contributed by atoms with Gasteiger partial charge >= 0.3 is 0 Å². The fourth-order valence-corrected chi connectivity index (χ4v) is 1.82. The molecule has 0 spiro atoms. The van der Waals surface area contributed by atoms with Gasteiger partial charge in [0.2, 0.25) is 0 Å². The molecule has 0 saturated heterocycles. The average molecular weight is 206 g/mol. The highest BCUT2D eigenvalue weighted by Gasteiger charge is 2.36. The van der Waals surface area contributed by atoms with Crippen LogP contribution in [0, 0.1) is 0 Å². The quantitative estimate of drug-likeness (QED) is 0.767. The van der Waals surface area contributed by atoms with E-state index in [4.69, 9.17) is 9.47 Å². The van der Waals surface area contributed by atoms with Gasteiger partial charge in [-0.05, 0) is 26.0 Å². The van der Waals surface area contributed by atoms with Gasteiger partial charge in [-0.25, -0.2) is 0 Å². The first-order valence-corrected chi connectivity index (χ1v) is 4.82. The SMILES string of the molecule is COC1=C(O)c2ccccc2OC1(C)C. The van der Waals surface area contributed by atoms with Crippen molar-refractivity contribution in [2.24, 2.45) is 0 Å². The predicted octanol–water partition coefficient (Wildman–Crippen LogP) is 2.73. The van der Waals surface area contributed by atoms with Crippen LogP contribution in [0.4, 0.5) is 0 Å². The van der Waals surface area contributed by atoms with Crippen molar-refractivity contribution in [3.8, 4) is 5.75 Å². The Balaban J connectivity index is 2.63. The first-order chi connectivity index (χ1) is 7.06. The summed E-state index contributed by atoms with van der Waals surface area (Å²) < 4.78 is 10.9. The molecule has 0 saturated carbocycles. The van der Waals surface area contributed by atoms with Gasteiger partial charge in [0.25, 0.3) is 0 Å². The number of hydrogen-bond donors (Lipinski definition) is 1. The maximum absolute atomic E-state index is 10.0. The second kappa shape index (κ2) is 3.19. The molecule has 0 aromatic heterocycles. The Morgan fingerprint density at radius 3 is 2.60 bits per heavy atom. The summed E-state index contributed by atoms with van der Waals surface area (Å²) >= 11 is 0. The second-order valence-corrected chi connectivity index (χ2v) is 3.99. The van der Waals surface area contributed by atoms with E-state index < -0.39 is 5.60 Å². The molecule has 0 fully saturated rings. The zero-order chi connectivity index (χ0) is 11.1. The fourth-order valence-electron chi connectivity index (χ4n) is 1.82. The first-order valence-electron chi connectivity index (χ1n) is 4.82. The van der Waals surface area contributed by atoms with Crippen molar-refractivity contribution in [3.05, 3.63) is 35.6 Å². The Morgan fingerprint density at radius 1 is 1.27 bits per heavy atom. The van der Waals surface area contributed by atoms with E-state index in [-0.39, 0.29) is 5.76 Å². The summed E-state index contributed by atoms with van der Waals surface area (Å²) in [5.41, 5.74) is 0.0429. The molecule has 3 nitrogen and oxygen atoms in total. The molecule has 1 heterocycles. The molecule has 1 N–H and O–H groups in total. The molecule has 2 rings (SSSR count). The first kappa shape index (κ1) is 9.90. The predicted molar refractivity (Wildman–Crippen MR) is 57.7 cm³/mol. The lowest BCUT2D eigenvalue weighted by Crippen LogP contribution is -2.35. The van der Waals surface area contributed by atoms with E-state index >= 15 is 0 Å².